The average molecular weight is 307 g/mol. The van der Waals surface area contributed by atoms with Gasteiger partial charge in [0.1, 0.15) is 12.1 Å². The summed E-state index contributed by atoms with van der Waals surface area (Å²) >= 11 is 1.65. The van der Waals surface area contributed by atoms with Crippen molar-refractivity contribution in [2.75, 3.05) is 11.9 Å². The maximum atomic E-state index is 10.6. The van der Waals surface area contributed by atoms with Crippen LogP contribution in [0.25, 0.3) is 10.2 Å². The molecule has 6 heteroatoms. The van der Waals surface area contributed by atoms with Crippen molar-refractivity contribution in [2.45, 2.75) is 39.5 Å². The Morgan fingerprint density at radius 2 is 2.24 bits per heavy atom. The van der Waals surface area contributed by atoms with Crippen molar-refractivity contribution >= 4 is 33.3 Å². The van der Waals surface area contributed by atoms with Crippen LogP contribution in [-0.2, 0) is 4.79 Å². The van der Waals surface area contributed by atoms with Gasteiger partial charge in [-0.25, -0.2) is 9.97 Å². The first-order chi connectivity index (χ1) is 10.1. The molecule has 2 aromatic heterocycles. The number of carbonyl (C=O) groups is 1. The predicted molar refractivity (Wildman–Crippen MR) is 85.9 cm³/mol. The summed E-state index contributed by atoms with van der Waals surface area (Å²) in [6.07, 6.45) is 4.54. The van der Waals surface area contributed by atoms with E-state index in [0.717, 1.165) is 41.8 Å². The molecule has 21 heavy (non-hydrogen) atoms. The molecule has 5 nitrogen and oxygen atoms in total. The maximum absolute atomic E-state index is 10.6. The molecule has 2 heterocycles. The van der Waals surface area contributed by atoms with Crippen LogP contribution in [0.5, 0.6) is 0 Å². The molecule has 0 spiro atoms. The first-order valence-electron chi connectivity index (χ1n) is 7.26. The fraction of sp³-hybridized carbons (Fsp3) is 0.533. The Morgan fingerprint density at radius 1 is 1.43 bits per heavy atom. The van der Waals surface area contributed by atoms with Crippen molar-refractivity contribution in [3.8, 4) is 0 Å². The van der Waals surface area contributed by atoms with Gasteiger partial charge in [-0.1, -0.05) is 13.3 Å². The molecule has 2 N–H and O–H groups in total. The van der Waals surface area contributed by atoms with Crippen molar-refractivity contribution in [2.24, 2.45) is 5.92 Å². The Balaban J connectivity index is 1.91. The van der Waals surface area contributed by atoms with Gasteiger partial charge in [0.15, 0.2) is 0 Å². The Labute approximate surface area is 128 Å². The topological polar surface area (TPSA) is 75.1 Å². The summed E-state index contributed by atoms with van der Waals surface area (Å²) in [7, 11) is 0. The zero-order chi connectivity index (χ0) is 15.2. The molecule has 1 unspecified atom stereocenters. The Kier molecular flexibility index (Phi) is 5.50. The van der Waals surface area contributed by atoms with Crippen LogP contribution in [0.3, 0.4) is 0 Å². The standard InChI is InChI=1S/C15H21N3O2S/c1-3-11(4-5-12(19)20)6-7-16-15-14-13(17-9-18-15)10(2)8-21-14/h8-9,11H,3-7H2,1-2H3,(H,19,20)(H,16,17,18). The number of aromatic nitrogens is 2. The Morgan fingerprint density at radius 3 is 2.95 bits per heavy atom. The van der Waals surface area contributed by atoms with E-state index in [1.165, 1.54) is 5.56 Å². The van der Waals surface area contributed by atoms with E-state index >= 15 is 0 Å². The summed E-state index contributed by atoms with van der Waals surface area (Å²) in [6.45, 7) is 4.97. The molecule has 0 amide bonds. The van der Waals surface area contributed by atoms with Gasteiger partial charge >= 0.3 is 5.97 Å². The van der Waals surface area contributed by atoms with Crippen molar-refractivity contribution in [1.82, 2.24) is 9.97 Å². The van der Waals surface area contributed by atoms with E-state index in [2.05, 4.69) is 34.5 Å². The summed E-state index contributed by atoms with van der Waals surface area (Å²) in [4.78, 5) is 19.2. The highest BCUT2D eigenvalue weighted by Crippen LogP contribution is 2.28. The van der Waals surface area contributed by atoms with Crippen LogP contribution in [0.1, 0.15) is 38.2 Å². The molecule has 0 fully saturated rings. The highest BCUT2D eigenvalue weighted by atomic mass is 32.1. The van der Waals surface area contributed by atoms with Crippen LogP contribution in [-0.4, -0.2) is 27.6 Å². The molecule has 0 bridgehead atoms. The number of thiophene rings is 1. The number of nitrogens with zero attached hydrogens (tertiary/aromatic N) is 2. The fourth-order valence-electron chi connectivity index (χ4n) is 2.37. The maximum Gasteiger partial charge on any atom is 0.303 e. The molecule has 0 saturated carbocycles. The highest BCUT2D eigenvalue weighted by molar-refractivity contribution is 7.18. The lowest BCUT2D eigenvalue weighted by Gasteiger charge is -2.14. The first kappa shape index (κ1) is 15.7. The molecule has 0 radical (unpaired) electrons. The lowest BCUT2D eigenvalue weighted by atomic mass is 9.97. The molecule has 0 saturated heterocycles. The van der Waals surface area contributed by atoms with Crippen LogP contribution in [0.15, 0.2) is 11.7 Å². The minimum absolute atomic E-state index is 0.250. The predicted octanol–water partition coefficient (Wildman–Crippen LogP) is 3.69. The Bertz CT molecular complexity index is 612. The summed E-state index contributed by atoms with van der Waals surface area (Å²) in [5.74, 6) is 0.607. The second-order valence-corrected chi connectivity index (χ2v) is 6.12. The number of nitrogens with one attached hydrogen (secondary N) is 1. The van der Waals surface area contributed by atoms with Gasteiger partial charge in [0.05, 0.1) is 10.2 Å². The number of carboxylic acid groups (broad SMARTS) is 1. The monoisotopic (exact) mass is 307 g/mol. The summed E-state index contributed by atoms with van der Waals surface area (Å²) in [5, 5.41) is 14.2. The fourth-order valence-corrected chi connectivity index (χ4v) is 3.34. The molecule has 2 rings (SSSR count). The van der Waals surface area contributed by atoms with E-state index in [1.54, 1.807) is 17.7 Å². The number of fused-ring (bicyclic) bond motifs is 1. The number of carboxylic acids is 1. The van der Waals surface area contributed by atoms with Gasteiger partial charge in [0.2, 0.25) is 0 Å². The van der Waals surface area contributed by atoms with Crippen molar-refractivity contribution in [3.63, 3.8) is 0 Å². The van der Waals surface area contributed by atoms with Crippen LogP contribution < -0.4 is 5.32 Å². The molecule has 2 aromatic rings. The third-order valence-electron chi connectivity index (χ3n) is 3.72. The highest BCUT2D eigenvalue weighted by Gasteiger charge is 2.11. The van der Waals surface area contributed by atoms with Crippen LogP contribution in [0, 0.1) is 12.8 Å². The van der Waals surface area contributed by atoms with E-state index in [4.69, 9.17) is 5.11 Å². The van der Waals surface area contributed by atoms with E-state index < -0.39 is 5.97 Å². The Hall–Kier alpha value is -1.69. The quantitative estimate of drug-likeness (QED) is 0.778. The van der Waals surface area contributed by atoms with Crippen LogP contribution in [0.2, 0.25) is 0 Å². The molecular formula is C15H21N3O2S. The minimum atomic E-state index is -0.715. The lowest BCUT2D eigenvalue weighted by Crippen LogP contribution is -2.11. The van der Waals surface area contributed by atoms with Crippen LogP contribution in [0.4, 0.5) is 5.82 Å². The molecule has 0 aliphatic rings. The van der Waals surface area contributed by atoms with Gasteiger partial charge in [-0.15, -0.1) is 11.3 Å². The number of anilines is 1. The molecule has 1 atom stereocenters. The smallest absolute Gasteiger partial charge is 0.303 e. The zero-order valence-corrected chi connectivity index (χ0v) is 13.2. The molecular weight excluding hydrogens is 286 g/mol. The van der Waals surface area contributed by atoms with E-state index in [0.29, 0.717) is 5.92 Å². The van der Waals surface area contributed by atoms with Gasteiger partial charge in [0.25, 0.3) is 0 Å². The van der Waals surface area contributed by atoms with Gasteiger partial charge in [-0.3, -0.25) is 4.79 Å². The number of hydrogen-bond acceptors (Lipinski definition) is 5. The summed E-state index contributed by atoms with van der Waals surface area (Å²) in [6, 6.07) is 0. The second kappa shape index (κ2) is 7.36. The second-order valence-electron chi connectivity index (χ2n) is 5.24. The van der Waals surface area contributed by atoms with Crippen LogP contribution >= 0.6 is 11.3 Å². The third kappa shape index (κ3) is 4.14. The zero-order valence-electron chi connectivity index (χ0n) is 12.4. The largest absolute Gasteiger partial charge is 0.481 e. The molecule has 0 aliphatic carbocycles. The molecule has 114 valence electrons. The number of rotatable bonds is 8. The number of hydrogen-bond donors (Lipinski definition) is 2. The normalized spacial score (nSPS) is 12.5. The van der Waals surface area contributed by atoms with Crippen molar-refractivity contribution in [3.05, 3.63) is 17.3 Å². The van der Waals surface area contributed by atoms with E-state index in [-0.39, 0.29) is 6.42 Å². The number of aryl methyl sites for hydroxylation is 1. The summed E-state index contributed by atoms with van der Waals surface area (Å²) in [5.41, 5.74) is 2.18. The van der Waals surface area contributed by atoms with Gasteiger partial charge in [0, 0.05) is 13.0 Å². The van der Waals surface area contributed by atoms with Gasteiger partial charge in [-0.2, -0.15) is 0 Å². The van der Waals surface area contributed by atoms with Crippen molar-refractivity contribution in [1.29, 1.82) is 0 Å². The SMILES string of the molecule is CCC(CCNc1ncnc2c(C)csc12)CCC(=O)O. The van der Waals surface area contributed by atoms with E-state index in [9.17, 15) is 4.79 Å². The number of aliphatic carboxylic acids is 1. The van der Waals surface area contributed by atoms with Gasteiger partial charge in [-0.05, 0) is 36.6 Å². The minimum Gasteiger partial charge on any atom is -0.481 e. The molecule has 0 aromatic carbocycles. The molecule has 0 aliphatic heterocycles. The first-order valence-corrected chi connectivity index (χ1v) is 8.14. The lowest BCUT2D eigenvalue weighted by molar-refractivity contribution is -0.137. The van der Waals surface area contributed by atoms with Crippen molar-refractivity contribution < 1.29 is 9.90 Å². The average Bonchev–Trinajstić information content (AvgIpc) is 2.85. The summed E-state index contributed by atoms with van der Waals surface area (Å²) < 4.78 is 1.09. The van der Waals surface area contributed by atoms with E-state index in [1.807, 2.05) is 0 Å². The third-order valence-corrected chi connectivity index (χ3v) is 4.81. The van der Waals surface area contributed by atoms with Gasteiger partial charge < -0.3 is 10.4 Å².